The zero-order valence-electron chi connectivity index (χ0n) is 4.37. The lowest BCUT2D eigenvalue weighted by Crippen LogP contribution is -2.23. The molecule has 0 saturated carbocycles. The Morgan fingerprint density at radius 1 is 1.44 bits per heavy atom. The fraction of sp³-hybridized carbons (Fsp3) is 0.600. The fourth-order valence-corrected chi connectivity index (χ4v) is 0.219. The second-order valence-corrected chi connectivity index (χ2v) is 1.42. The highest BCUT2D eigenvalue weighted by atomic mass is 19.4. The van der Waals surface area contributed by atoms with E-state index >= 15 is 0 Å². The van der Waals surface area contributed by atoms with Crippen molar-refractivity contribution < 1.29 is 17.6 Å². The lowest BCUT2D eigenvalue weighted by Gasteiger charge is -2.07. The van der Waals surface area contributed by atoms with E-state index < -0.39 is 18.8 Å². The van der Waals surface area contributed by atoms with Crippen LogP contribution in [-0.2, 0) is 0 Å². The molecule has 0 bridgehead atoms. The Morgan fingerprint density at radius 2 is 1.89 bits per heavy atom. The Hall–Kier alpha value is -0.720. The van der Waals surface area contributed by atoms with E-state index in [1.165, 1.54) is 0 Å². The van der Waals surface area contributed by atoms with Crippen LogP contribution in [-0.4, -0.2) is 12.3 Å². The van der Waals surface area contributed by atoms with Crippen LogP contribution in [0.15, 0.2) is 0 Å². The minimum absolute atomic E-state index is 0.899. The van der Waals surface area contributed by atoms with E-state index in [0.717, 1.165) is 0 Å². The van der Waals surface area contributed by atoms with Gasteiger partial charge < -0.3 is 0 Å². The molecule has 0 fully saturated rings. The molecule has 0 nitrogen and oxygen atoms in total. The molecule has 0 aliphatic rings. The number of rotatable bonds is 1. The summed E-state index contributed by atoms with van der Waals surface area (Å²) >= 11 is 0. The number of alkyl halides is 4. The normalized spacial score (nSPS) is 14.6. The lowest BCUT2D eigenvalue weighted by atomic mass is 10.3. The predicted octanol–water partition coefficient (Wildman–Crippen LogP) is 1.91. The maximum atomic E-state index is 11.6. The number of halogens is 4. The molecule has 9 heavy (non-hydrogen) atoms. The maximum absolute atomic E-state index is 11.6. The Kier molecular flexibility index (Phi) is 2.50. The van der Waals surface area contributed by atoms with E-state index in [4.69, 9.17) is 0 Å². The van der Waals surface area contributed by atoms with Crippen molar-refractivity contribution in [2.24, 2.45) is 0 Å². The highest BCUT2D eigenvalue weighted by molar-refractivity contribution is 4.89. The van der Waals surface area contributed by atoms with Crippen LogP contribution < -0.4 is 0 Å². The summed E-state index contributed by atoms with van der Waals surface area (Å²) in [6.45, 7) is 0. The third kappa shape index (κ3) is 2.96. The minimum Gasteiger partial charge on any atom is -0.236 e. The van der Waals surface area contributed by atoms with E-state index in [1.54, 1.807) is 5.92 Å². The van der Waals surface area contributed by atoms with E-state index in [-0.39, 0.29) is 0 Å². The van der Waals surface area contributed by atoms with Crippen molar-refractivity contribution in [3.05, 3.63) is 0 Å². The zero-order chi connectivity index (χ0) is 7.49. The third-order valence-corrected chi connectivity index (χ3v) is 0.652. The van der Waals surface area contributed by atoms with E-state index in [2.05, 4.69) is 6.42 Å². The Morgan fingerprint density at radius 3 is 2.00 bits per heavy atom. The average molecular weight is 140 g/mol. The van der Waals surface area contributed by atoms with Crippen LogP contribution in [0.4, 0.5) is 17.6 Å². The highest BCUT2D eigenvalue weighted by Gasteiger charge is 2.39. The van der Waals surface area contributed by atoms with Gasteiger partial charge in [0.15, 0.2) is 0 Å². The molecule has 52 valence electrons. The standard InChI is InChI=1S/C5H4F4/c1-2-3-4(6)5(7,8)9/h1,4H,3H2. The largest absolute Gasteiger partial charge is 0.420 e. The van der Waals surface area contributed by atoms with Gasteiger partial charge >= 0.3 is 6.18 Å². The first-order valence-corrected chi connectivity index (χ1v) is 2.12. The van der Waals surface area contributed by atoms with Crippen LogP contribution in [0.3, 0.4) is 0 Å². The summed E-state index contributed by atoms with van der Waals surface area (Å²) in [5, 5.41) is 0. The smallest absolute Gasteiger partial charge is 0.236 e. The zero-order valence-corrected chi connectivity index (χ0v) is 4.37. The van der Waals surface area contributed by atoms with Gasteiger partial charge in [0, 0.05) is 6.42 Å². The third-order valence-electron chi connectivity index (χ3n) is 0.652. The number of terminal acetylenes is 1. The van der Waals surface area contributed by atoms with Gasteiger partial charge in [0.05, 0.1) is 0 Å². The second-order valence-electron chi connectivity index (χ2n) is 1.42. The summed E-state index contributed by atoms with van der Waals surface area (Å²) in [5.41, 5.74) is 0. The van der Waals surface area contributed by atoms with Gasteiger partial charge in [0.25, 0.3) is 0 Å². The maximum Gasteiger partial charge on any atom is 0.420 e. The molecule has 0 aliphatic carbocycles. The molecule has 0 aromatic rings. The van der Waals surface area contributed by atoms with E-state index in [9.17, 15) is 17.6 Å². The van der Waals surface area contributed by atoms with E-state index in [0.29, 0.717) is 0 Å². The van der Waals surface area contributed by atoms with Gasteiger partial charge in [-0.2, -0.15) is 13.2 Å². The van der Waals surface area contributed by atoms with Crippen LogP contribution in [0.1, 0.15) is 6.42 Å². The summed E-state index contributed by atoms with van der Waals surface area (Å²) in [4.78, 5) is 0. The molecule has 0 aliphatic heterocycles. The molecule has 0 heterocycles. The molecule has 0 aromatic carbocycles. The molecular formula is C5H4F4. The van der Waals surface area contributed by atoms with Gasteiger partial charge in [0.1, 0.15) is 0 Å². The van der Waals surface area contributed by atoms with Crippen molar-refractivity contribution in [3.8, 4) is 12.3 Å². The first-order valence-electron chi connectivity index (χ1n) is 2.12. The van der Waals surface area contributed by atoms with Crippen LogP contribution in [0, 0.1) is 12.3 Å². The quantitative estimate of drug-likeness (QED) is 0.385. The molecule has 0 spiro atoms. The van der Waals surface area contributed by atoms with Crippen LogP contribution in [0.25, 0.3) is 0 Å². The summed E-state index contributed by atoms with van der Waals surface area (Å²) in [6, 6.07) is 0. The second kappa shape index (κ2) is 2.72. The monoisotopic (exact) mass is 140 g/mol. The molecule has 0 amide bonds. The number of hydrogen-bond acceptors (Lipinski definition) is 0. The predicted molar refractivity (Wildman–Crippen MR) is 24.4 cm³/mol. The molecule has 0 aromatic heterocycles. The molecule has 1 atom stereocenters. The van der Waals surface area contributed by atoms with Gasteiger partial charge in [-0.3, -0.25) is 0 Å². The first kappa shape index (κ1) is 8.28. The topological polar surface area (TPSA) is 0 Å². The van der Waals surface area contributed by atoms with Gasteiger partial charge in [0.2, 0.25) is 6.17 Å². The average Bonchev–Trinajstić information content (AvgIpc) is 1.64. The molecule has 0 saturated heterocycles. The Labute approximate surface area is 49.9 Å². The van der Waals surface area contributed by atoms with Gasteiger partial charge in [-0.25, -0.2) is 4.39 Å². The van der Waals surface area contributed by atoms with Crippen molar-refractivity contribution in [2.75, 3.05) is 0 Å². The fourth-order valence-electron chi connectivity index (χ4n) is 0.219. The van der Waals surface area contributed by atoms with Crippen molar-refractivity contribution in [2.45, 2.75) is 18.8 Å². The van der Waals surface area contributed by atoms with Crippen LogP contribution >= 0.6 is 0 Å². The van der Waals surface area contributed by atoms with Crippen LogP contribution in [0.5, 0.6) is 0 Å². The van der Waals surface area contributed by atoms with E-state index in [1.807, 2.05) is 0 Å². The first-order chi connectivity index (χ1) is 3.98. The Balaban J connectivity index is 3.76. The summed E-state index contributed by atoms with van der Waals surface area (Å²) < 4.78 is 45.1. The van der Waals surface area contributed by atoms with Gasteiger partial charge in [-0.05, 0) is 0 Å². The minimum atomic E-state index is -4.80. The molecular weight excluding hydrogens is 136 g/mol. The molecule has 4 heteroatoms. The molecule has 1 unspecified atom stereocenters. The van der Waals surface area contributed by atoms with Crippen molar-refractivity contribution in [1.82, 2.24) is 0 Å². The van der Waals surface area contributed by atoms with Crippen LogP contribution in [0.2, 0.25) is 0 Å². The molecule has 0 N–H and O–H groups in total. The van der Waals surface area contributed by atoms with Gasteiger partial charge in [-0.1, -0.05) is 0 Å². The highest BCUT2D eigenvalue weighted by Crippen LogP contribution is 2.24. The van der Waals surface area contributed by atoms with Gasteiger partial charge in [-0.15, -0.1) is 12.3 Å². The van der Waals surface area contributed by atoms with Crippen molar-refractivity contribution >= 4 is 0 Å². The number of hydrogen-bond donors (Lipinski definition) is 0. The van der Waals surface area contributed by atoms with Crippen molar-refractivity contribution in [1.29, 1.82) is 0 Å². The lowest BCUT2D eigenvalue weighted by molar-refractivity contribution is -0.178. The summed E-state index contributed by atoms with van der Waals surface area (Å²) in [6.07, 6.45) is -4.14. The molecule has 0 rings (SSSR count). The Bertz CT molecular complexity index is 118. The summed E-state index contributed by atoms with van der Waals surface area (Å²) in [7, 11) is 0. The van der Waals surface area contributed by atoms with Crippen molar-refractivity contribution in [3.63, 3.8) is 0 Å². The SMILES string of the molecule is C#CCC(F)C(F)(F)F. The summed E-state index contributed by atoms with van der Waals surface area (Å²) in [5.74, 6) is 1.58. The molecule has 0 radical (unpaired) electrons.